The first kappa shape index (κ1) is 12.3. The standard InChI is InChI=1S/C11H13FO4/c1-11(6-12,10(15)16)5-7-2-3-8(13)9(14)4-7/h2-4,13-14H,5-6H2,1H3,(H,15,16). The van der Waals surface area contributed by atoms with Gasteiger partial charge in [0, 0.05) is 0 Å². The summed E-state index contributed by atoms with van der Waals surface area (Å²) in [4.78, 5) is 10.9. The van der Waals surface area contributed by atoms with Gasteiger partial charge in [-0.15, -0.1) is 0 Å². The fraction of sp³-hybridized carbons (Fsp3) is 0.364. The maximum absolute atomic E-state index is 12.7. The van der Waals surface area contributed by atoms with Crippen LogP contribution in [0.15, 0.2) is 18.2 Å². The van der Waals surface area contributed by atoms with E-state index in [1.165, 1.54) is 25.1 Å². The molecule has 16 heavy (non-hydrogen) atoms. The normalized spacial score (nSPS) is 14.4. The number of phenols is 2. The van der Waals surface area contributed by atoms with Crippen LogP contribution in [0.1, 0.15) is 12.5 Å². The monoisotopic (exact) mass is 228 g/mol. The predicted molar refractivity (Wildman–Crippen MR) is 55.2 cm³/mol. The van der Waals surface area contributed by atoms with Crippen molar-refractivity contribution in [3.63, 3.8) is 0 Å². The lowest BCUT2D eigenvalue weighted by Gasteiger charge is -2.20. The van der Waals surface area contributed by atoms with Crippen LogP contribution in [-0.2, 0) is 11.2 Å². The van der Waals surface area contributed by atoms with Gasteiger partial charge in [-0.3, -0.25) is 4.79 Å². The van der Waals surface area contributed by atoms with Gasteiger partial charge < -0.3 is 15.3 Å². The van der Waals surface area contributed by atoms with E-state index in [9.17, 15) is 14.3 Å². The molecule has 1 aromatic rings. The SMILES string of the molecule is CC(CF)(Cc1ccc(O)c(O)c1)C(=O)O. The average Bonchev–Trinajstić information content (AvgIpc) is 2.23. The van der Waals surface area contributed by atoms with Gasteiger partial charge in [-0.1, -0.05) is 6.07 Å². The molecule has 3 N–H and O–H groups in total. The molecule has 0 aliphatic rings. The van der Waals surface area contributed by atoms with E-state index in [0.717, 1.165) is 0 Å². The highest BCUT2D eigenvalue weighted by Crippen LogP contribution is 2.29. The molecule has 88 valence electrons. The van der Waals surface area contributed by atoms with Crippen molar-refractivity contribution in [2.45, 2.75) is 13.3 Å². The second-order valence-corrected chi connectivity index (χ2v) is 4.00. The maximum atomic E-state index is 12.7. The Labute approximate surface area is 92.0 Å². The molecule has 0 saturated carbocycles. The fourth-order valence-electron chi connectivity index (χ4n) is 1.31. The molecule has 1 atom stereocenters. The van der Waals surface area contributed by atoms with Gasteiger partial charge in [-0.05, 0) is 31.0 Å². The van der Waals surface area contributed by atoms with Crippen LogP contribution in [0.2, 0.25) is 0 Å². The first-order valence-electron chi connectivity index (χ1n) is 4.69. The second-order valence-electron chi connectivity index (χ2n) is 4.00. The number of phenolic OH excluding ortho intramolecular Hbond substituents is 2. The molecule has 0 aromatic heterocycles. The maximum Gasteiger partial charge on any atom is 0.312 e. The van der Waals surface area contributed by atoms with E-state index in [0.29, 0.717) is 5.56 Å². The minimum Gasteiger partial charge on any atom is -0.504 e. The van der Waals surface area contributed by atoms with Crippen molar-refractivity contribution < 1.29 is 24.5 Å². The van der Waals surface area contributed by atoms with Gasteiger partial charge in [0.2, 0.25) is 0 Å². The Morgan fingerprint density at radius 3 is 2.44 bits per heavy atom. The number of rotatable bonds is 4. The summed E-state index contributed by atoms with van der Waals surface area (Å²) in [5.74, 6) is -1.87. The third kappa shape index (κ3) is 2.42. The van der Waals surface area contributed by atoms with Gasteiger partial charge in [0.05, 0.1) is 5.41 Å². The van der Waals surface area contributed by atoms with E-state index < -0.39 is 18.1 Å². The lowest BCUT2D eigenvalue weighted by Crippen LogP contribution is -2.32. The molecule has 0 fully saturated rings. The highest BCUT2D eigenvalue weighted by Gasteiger charge is 2.33. The summed E-state index contributed by atoms with van der Waals surface area (Å²) in [6.07, 6.45) is -0.0489. The molecule has 0 heterocycles. The number of aliphatic carboxylic acids is 1. The van der Waals surface area contributed by atoms with Crippen molar-refractivity contribution in [1.29, 1.82) is 0 Å². The van der Waals surface area contributed by atoms with Crippen LogP contribution < -0.4 is 0 Å². The molecule has 0 bridgehead atoms. The van der Waals surface area contributed by atoms with Gasteiger partial charge in [0.1, 0.15) is 6.67 Å². The molecule has 4 nitrogen and oxygen atoms in total. The topological polar surface area (TPSA) is 77.8 Å². The summed E-state index contributed by atoms with van der Waals surface area (Å²) in [6.45, 7) is 0.295. The minimum atomic E-state index is -1.51. The zero-order chi connectivity index (χ0) is 12.3. The lowest BCUT2D eigenvalue weighted by molar-refractivity contribution is -0.148. The predicted octanol–water partition coefficient (Wildman–Crippen LogP) is 1.70. The van der Waals surface area contributed by atoms with Gasteiger partial charge in [0.15, 0.2) is 11.5 Å². The van der Waals surface area contributed by atoms with Crippen LogP contribution in [0.25, 0.3) is 0 Å². The number of carbonyl (C=O) groups is 1. The molecular weight excluding hydrogens is 215 g/mol. The van der Waals surface area contributed by atoms with E-state index in [1.807, 2.05) is 0 Å². The van der Waals surface area contributed by atoms with Crippen LogP contribution >= 0.6 is 0 Å². The molecule has 0 aliphatic carbocycles. The van der Waals surface area contributed by atoms with Crippen molar-refractivity contribution in [2.75, 3.05) is 6.67 Å². The van der Waals surface area contributed by atoms with Gasteiger partial charge >= 0.3 is 5.97 Å². The minimum absolute atomic E-state index is 0.0489. The van der Waals surface area contributed by atoms with Crippen LogP contribution in [0.4, 0.5) is 4.39 Å². The van der Waals surface area contributed by atoms with E-state index in [-0.39, 0.29) is 17.9 Å². The summed E-state index contributed by atoms with van der Waals surface area (Å²) in [5, 5.41) is 27.2. The van der Waals surface area contributed by atoms with E-state index in [4.69, 9.17) is 10.2 Å². The first-order valence-corrected chi connectivity index (χ1v) is 4.69. The van der Waals surface area contributed by atoms with Crippen molar-refractivity contribution in [3.05, 3.63) is 23.8 Å². The Bertz CT molecular complexity index is 405. The van der Waals surface area contributed by atoms with Crippen molar-refractivity contribution in [3.8, 4) is 11.5 Å². The molecular formula is C11H13FO4. The quantitative estimate of drug-likeness (QED) is 0.685. The number of carboxylic acids is 1. The van der Waals surface area contributed by atoms with Gasteiger partial charge in [-0.2, -0.15) is 0 Å². The molecule has 0 amide bonds. The molecule has 0 saturated heterocycles. The van der Waals surface area contributed by atoms with Crippen LogP contribution in [0.3, 0.4) is 0 Å². The first-order chi connectivity index (χ1) is 7.39. The number of carboxylic acid groups (broad SMARTS) is 1. The lowest BCUT2D eigenvalue weighted by atomic mass is 9.85. The summed E-state index contributed by atoms with van der Waals surface area (Å²) < 4.78 is 12.7. The molecule has 1 unspecified atom stereocenters. The largest absolute Gasteiger partial charge is 0.504 e. The number of hydrogen-bond acceptors (Lipinski definition) is 3. The van der Waals surface area contributed by atoms with Gasteiger partial charge in [0.25, 0.3) is 0 Å². The summed E-state index contributed by atoms with van der Waals surface area (Å²) in [7, 11) is 0. The fourth-order valence-corrected chi connectivity index (χ4v) is 1.31. The number of halogens is 1. The zero-order valence-electron chi connectivity index (χ0n) is 8.77. The van der Waals surface area contributed by atoms with E-state index in [1.54, 1.807) is 0 Å². The van der Waals surface area contributed by atoms with E-state index >= 15 is 0 Å². The number of alkyl halides is 1. The Kier molecular flexibility index (Phi) is 3.37. The van der Waals surface area contributed by atoms with Crippen LogP contribution in [0.5, 0.6) is 11.5 Å². The highest BCUT2D eigenvalue weighted by atomic mass is 19.1. The Morgan fingerprint density at radius 1 is 1.38 bits per heavy atom. The van der Waals surface area contributed by atoms with Crippen LogP contribution in [0, 0.1) is 5.41 Å². The van der Waals surface area contributed by atoms with Gasteiger partial charge in [-0.25, -0.2) is 4.39 Å². The van der Waals surface area contributed by atoms with Crippen molar-refractivity contribution in [1.82, 2.24) is 0 Å². The number of benzene rings is 1. The Balaban J connectivity index is 2.95. The summed E-state index contributed by atoms with van der Waals surface area (Å²) in [5.41, 5.74) is -1.05. The Hall–Kier alpha value is -1.78. The summed E-state index contributed by atoms with van der Waals surface area (Å²) in [6, 6.07) is 3.92. The molecule has 1 aromatic carbocycles. The third-order valence-corrected chi connectivity index (χ3v) is 2.45. The number of aromatic hydroxyl groups is 2. The third-order valence-electron chi connectivity index (χ3n) is 2.45. The Morgan fingerprint density at radius 2 is 2.00 bits per heavy atom. The summed E-state index contributed by atoms with van der Waals surface area (Å²) >= 11 is 0. The van der Waals surface area contributed by atoms with Crippen molar-refractivity contribution >= 4 is 5.97 Å². The van der Waals surface area contributed by atoms with E-state index in [2.05, 4.69) is 0 Å². The highest BCUT2D eigenvalue weighted by molar-refractivity contribution is 5.74. The van der Waals surface area contributed by atoms with Crippen molar-refractivity contribution in [2.24, 2.45) is 5.41 Å². The van der Waals surface area contributed by atoms with Crippen LogP contribution in [-0.4, -0.2) is 28.0 Å². The smallest absolute Gasteiger partial charge is 0.312 e. The zero-order valence-corrected chi connectivity index (χ0v) is 8.77. The molecule has 0 spiro atoms. The molecule has 0 radical (unpaired) electrons. The molecule has 5 heteroatoms. The second kappa shape index (κ2) is 4.38. The molecule has 0 aliphatic heterocycles. The average molecular weight is 228 g/mol. The number of hydrogen-bond donors (Lipinski definition) is 3. The molecule has 1 rings (SSSR count).